The average molecular weight is 367 g/mol. The van der Waals surface area contributed by atoms with Crippen molar-refractivity contribution in [3.05, 3.63) is 31.6 Å². The summed E-state index contributed by atoms with van der Waals surface area (Å²) >= 11 is 6.46. The van der Waals surface area contributed by atoms with Gasteiger partial charge in [0.15, 0.2) is 0 Å². The molecule has 17 heavy (non-hydrogen) atoms. The number of rotatable bonds is 3. The van der Waals surface area contributed by atoms with Gasteiger partial charge in [0, 0.05) is 17.2 Å². The van der Waals surface area contributed by atoms with E-state index >= 15 is 0 Å². The van der Waals surface area contributed by atoms with Crippen molar-refractivity contribution < 1.29 is 4.79 Å². The van der Waals surface area contributed by atoms with Crippen LogP contribution in [-0.4, -0.2) is 10.5 Å². The molecule has 0 saturated heterocycles. The summed E-state index contributed by atoms with van der Waals surface area (Å²) in [5.41, 5.74) is 1.14. The molecule has 5 nitrogen and oxygen atoms in total. The average Bonchev–Trinajstić information content (AvgIpc) is 2.23. The third-order valence-electron chi connectivity index (χ3n) is 2.32. The predicted octanol–water partition coefficient (Wildman–Crippen LogP) is 1.39. The van der Waals surface area contributed by atoms with Gasteiger partial charge in [0.1, 0.15) is 0 Å². The molecule has 1 heterocycles. The number of nitrogens with two attached hydrogens (primary N) is 1. The van der Waals surface area contributed by atoms with E-state index in [0.29, 0.717) is 4.47 Å². The molecular weight excluding hydrogens is 354 g/mol. The molecule has 0 atom stereocenters. The van der Waals surface area contributed by atoms with Gasteiger partial charge in [-0.2, -0.15) is 0 Å². The maximum atomic E-state index is 11.8. The van der Waals surface area contributed by atoms with E-state index in [9.17, 15) is 9.59 Å². The van der Waals surface area contributed by atoms with Crippen molar-refractivity contribution in [1.29, 1.82) is 0 Å². The van der Waals surface area contributed by atoms with E-state index in [-0.39, 0.29) is 18.0 Å². The number of hydrogen-bond donors (Lipinski definition) is 2. The van der Waals surface area contributed by atoms with E-state index in [1.165, 1.54) is 4.57 Å². The topological polar surface area (TPSA) is 77.1 Å². The molecule has 0 aliphatic heterocycles. The Morgan fingerprint density at radius 2 is 2.12 bits per heavy atom. The minimum absolute atomic E-state index is 0.189. The van der Waals surface area contributed by atoms with Gasteiger partial charge in [0.2, 0.25) is 5.91 Å². The molecule has 0 bridgehead atoms. The number of pyridine rings is 1. The van der Waals surface area contributed by atoms with Gasteiger partial charge in [-0.3, -0.25) is 15.0 Å². The number of hydrazine groups is 1. The third kappa shape index (κ3) is 3.40. The first-order valence-electron chi connectivity index (χ1n) is 4.84. The van der Waals surface area contributed by atoms with Gasteiger partial charge in [-0.05, 0) is 51.8 Å². The van der Waals surface area contributed by atoms with Gasteiger partial charge >= 0.3 is 0 Å². The Hall–Kier alpha value is -0.660. The molecule has 7 heteroatoms. The smallest absolute Gasteiger partial charge is 0.264 e. The van der Waals surface area contributed by atoms with Crippen molar-refractivity contribution in [3.63, 3.8) is 0 Å². The second-order valence-electron chi connectivity index (χ2n) is 4.30. The zero-order chi connectivity index (χ0) is 13.2. The molecule has 0 aliphatic rings. The van der Waals surface area contributed by atoms with Crippen molar-refractivity contribution in [3.8, 4) is 0 Å². The molecule has 3 N–H and O–H groups in total. The predicted molar refractivity (Wildman–Crippen MR) is 72.2 cm³/mol. The summed E-state index contributed by atoms with van der Waals surface area (Å²) in [4.78, 5) is 23.4. The molecule has 0 fully saturated rings. The minimum Gasteiger partial charge on any atom is -0.312 e. The maximum Gasteiger partial charge on any atom is 0.264 e. The van der Waals surface area contributed by atoms with Gasteiger partial charge < -0.3 is 4.57 Å². The summed E-state index contributed by atoms with van der Waals surface area (Å²) in [6, 6.07) is 1.66. The Labute approximate surface area is 116 Å². The lowest BCUT2D eigenvalue weighted by Crippen LogP contribution is -2.44. The van der Waals surface area contributed by atoms with Crippen LogP contribution in [0.25, 0.3) is 0 Å². The number of halogens is 2. The number of nitrogens with zero attached hydrogens (tertiary/aromatic N) is 1. The van der Waals surface area contributed by atoms with E-state index in [2.05, 4.69) is 37.3 Å². The zero-order valence-corrected chi connectivity index (χ0v) is 12.6. The fraction of sp³-hybridized carbons (Fsp3) is 0.400. The second kappa shape index (κ2) is 5.32. The quantitative estimate of drug-likeness (QED) is 0.482. The molecule has 1 aromatic rings. The molecule has 0 saturated carbocycles. The minimum atomic E-state index is -0.765. The highest BCUT2D eigenvalue weighted by molar-refractivity contribution is 9.11. The first-order valence-corrected chi connectivity index (χ1v) is 6.43. The van der Waals surface area contributed by atoms with Gasteiger partial charge in [-0.1, -0.05) is 0 Å². The lowest BCUT2D eigenvalue weighted by Gasteiger charge is -2.23. The summed E-state index contributed by atoms with van der Waals surface area (Å²) in [5, 5.41) is 0. The number of nitrogens with one attached hydrogen (secondary N) is 1. The van der Waals surface area contributed by atoms with Crippen LogP contribution in [0.15, 0.2) is 26.0 Å². The number of amides is 1. The van der Waals surface area contributed by atoms with E-state index in [4.69, 9.17) is 5.84 Å². The normalized spacial score (nSPS) is 11.4. The van der Waals surface area contributed by atoms with Gasteiger partial charge in [-0.15, -0.1) is 0 Å². The molecule has 1 aromatic heterocycles. The lowest BCUT2D eigenvalue weighted by atomic mass is 9.92. The zero-order valence-electron chi connectivity index (χ0n) is 9.46. The second-order valence-corrected chi connectivity index (χ2v) is 6.07. The van der Waals surface area contributed by atoms with E-state index < -0.39 is 5.41 Å². The van der Waals surface area contributed by atoms with Gasteiger partial charge in [0.25, 0.3) is 5.56 Å². The third-order valence-corrected chi connectivity index (χ3v) is 3.32. The van der Waals surface area contributed by atoms with Crippen LogP contribution in [-0.2, 0) is 11.3 Å². The molecule has 1 amide bonds. The van der Waals surface area contributed by atoms with Crippen molar-refractivity contribution in [2.45, 2.75) is 20.4 Å². The Morgan fingerprint density at radius 3 is 2.65 bits per heavy atom. The Kier molecular flexibility index (Phi) is 4.51. The number of carbonyl (C=O) groups excluding carboxylic acids is 1. The lowest BCUT2D eigenvalue weighted by molar-refractivity contribution is -0.130. The highest BCUT2D eigenvalue weighted by atomic mass is 79.9. The van der Waals surface area contributed by atoms with E-state index in [1.807, 2.05) is 0 Å². The largest absolute Gasteiger partial charge is 0.312 e. The molecule has 0 aliphatic carbocycles. The molecular formula is C10H13Br2N3O2. The summed E-state index contributed by atoms with van der Waals surface area (Å²) in [5.74, 6) is 4.79. The number of hydrogen-bond acceptors (Lipinski definition) is 3. The highest BCUT2D eigenvalue weighted by Gasteiger charge is 2.28. The monoisotopic (exact) mass is 365 g/mol. The van der Waals surface area contributed by atoms with Crippen LogP contribution in [0.1, 0.15) is 13.8 Å². The molecule has 0 unspecified atom stereocenters. The van der Waals surface area contributed by atoms with Gasteiger partial charge in [0.05, 0.1) is 9.89 Å². The van der Waals surface area contributed by atoms with Gasteiger partial charge in [-0.25, -0.2) is 5.84 Å². The highest BCUT2D eigenvalue weighted by Crippen LogP contribution is 2.19. The summed E-state index contributed by atoms with van der Waals surface area (Å²) in [6.45, 7) is 3.68. The van der Waals surface area contributed by atoms with Crippen molar-refractivity contribution in [1.82, 2.24) is 9.99 Å². The first kappa shape index (κ1) is 14.4. The maximum absolute atomic E-state index is 11.8. The molecule has 94 valence electrons. The first-order chi connectivity index (χ1) is 7.77. The van der Waals surface area contributed by atoms with Crippen LogP contribution in [0.3, 0.4) is 0 Å². The number of aromatic nitrogens is 1. The summed E-state index contributed by atoms with van der Waals surface area (Å²) < 4.78 is 2.66. The Bertz CT molecular complexity index is 497. The Morgan fingerprint density at radius 1 is 1.53 bits per heavy atom. The fourth-order valence-electron chi connectivity index (χ4n) is 1.38. The van der Waals surface area contributed by atoms with Crippen molar-refractivity contribution >= 4 is 37.8 Å². The standard InChI is InChI=1S/C10H13Br2N3O2/c1-10(2,9(17)14-13)5-15-4-6(11)3-7(12)8(15)16/h3-4H,5,13H2,1-2H3,(H,14,17). The molecule has 1 rings (SSSR count). The van der Waals surface area contributed by atoms with E-state index in [0.717, 1.165) is 4.47 Å². The van der Waals surface area contributed by atoms with Crippen LogP contribution in [0.4, 0.5) is 0 Å². The molecule has 0 spiro atoms. The number of carbonyl (C=O) groups is 1. The molecule has 0 aromatic carbocycles. The van der Waals surface area contributed by atoms with Crippen LogP contribution in [0.5, 0.6) is 0 Å². The van der Waals surface area contributed by atoms with Crippen molar-refractivity contribution in [2.75, 3.05) is 0 Å². The van der Waals surface area contributed by atoms with Crippen LogP contribution >= 0.6 is 31.9 Å². The summed E-state index contributed by atoms with van der Waals surface area (Å²) in [7, 11) is 0. The Balaban J connectivity index is 3.12. The fourth-order valence-corrected chi connectivity index (χ4v) is 2.63. The van der Waals surface area contributed by atoms with Crippen LogP contribution in [0.2, 0.25) is 0 Å². The molecule has 0 radical (unpaired) electrons. The van der Waals surface area contributed by atoms with Crippen LogP contribution < -0.4 is 16.8 Å². The van der Waals surface area contributed by atoms with E-state index in [1.54, 1.807) is 26.1 Å². The SMILES string of the molecule is CC(C)(Cn1cc(Br)cc(Br)c1=O)C(=O)NN. The van der Waals surface area contributed by atoms with Crippen molar-refractivity contribution in [2.24, 2.45) is 11.3 Å². The summed E-state index contributed by atoms with van der Waals surface area (Å²) in [6.07, 6.45) is 1.64. The van der Waals surface area contributed by atoms with Crippen LogP contribution in [0, 0.1) is 5.41 Å².